The van der Waals surface area contributed by atoms with Gasteiger partial charge in [0.25, 0.3) is 5.69 Å². The van der Waals surface area contributed by atoms with Crippen molar-refractivity contribution in [3.05, 3.63) is 39.9 Å². The highest BCUT2D eigenvalue weighted by Crippen LogP contribution is 2.28. The topological polar surface area (TPSA) is 111 Å². The minimum atomic E-state index is -0.801. The van der Waals surface area contributed by atoms with Crippen molar-refractivity contribution in [2.45, 2.75) is 45.3 Å². The number of amides is 1. The Balaban J connectivity index is 2.22. The Morgan fingerprint density at radius 1 is 1.31 bits per heavy atom. The van der Waals surface area contributed by atoms with Crippen LogP contribution >= 0.6 is 0 Å². The lowest BCUT2D eigenvalue weighted by Gasteiger charge is -2.25. The first-order valence-corrected chi connectivity index (χ1v) is 8.82. The molecule has 8 nitrogen and oxygen atoms in total. The van der Waals surface area contributed by atoms with Gasteiger partial charge in [-0.05, 0) is 39.8 Å². The van der Waals surface area contributed by atoms with Crippen LogP contribution in [0.1, 0.15) is 44.7 Å². The van der Waals surface area contributed by atoms with Gasteiger partial charge in [-0.25, -0.2) is 0 Å². The summed E-state index contributed by atoms with van der Waals surface area (Å²) in [6.07, 6.45) is 0.950. The molecule has 1 heterocycles. The van der Waals surface area contributed by atoms with E-state index in [-0.39, 0.29) is 30.0 Å². The third-order valence-electron chi connectivity index (χ3n) is 4.27. The maximum atomic E-state index is 12.6. The van der Waals surface area contributed by atoms with E-state index in [4.69, 9.17) is 4.74 Å². The fourth-order valence-corrected chi connectivity index (χ4v) is 3.04. The summed E-state index contributed by atoms with van der Waals surface area (Å²) in [5.74, 6) is -0.858. The monoisotopic (exact) mass is 363 g/mol. The average molecular weight is 363 g/mol. The van der Waals surface area contributed by atoms with E-state index in [0.717, 1.165) is 13.1 Å². The third-order valence-corrected chi connectivity index (χ3v) is 4.27. The molecule has 0 bridgehead atoms. The van der Waals surface area contributed by atoms with Gasteiger partial charge in [0.2, 0.25) is 5.91 Å². The van der Waals surface area contributed by atoms with Crippen LogP contribution in [0.4, 0.5) is 5.69 Å². The number of benzene rings is 1. The van der Waals surface area contributed by atoms with Gasteiger partial charge >= 0.3 is 5.97 Å². The number of rotatable bonds is 7. The van der Waals surface area contributed by atoms with E-state index in [1.807, 2.05) is 0 Å². The number of nitro groups is 1. The molecule has 1 aliphatic rings. The second-order valence-corrected chi connectivity index (χ2v) is 6.64. The Morgan fingerprint density at radius 3 is 2.58 bits per heavy atom. The van der Waals surface area contributed by atoms with Crippen molar-refractivity contribution in [3.8, 4) is 0 Å². The van der Waals surface area contributed by atoms with E-state index in [0.29, 0.717) is 18.4 Å². The highest BCUT2D eigenvalue weighted by atomic mass is 16.6. The largest absolute Gasteiger partial charge is 0.463 e. The van der Waals surface area contributed by atoms with Crippen molar-refractivity contribution >= 4 is 17.6 Å². The number of hydrogen-bond donors (Lipinski definition) is 2. The number of nitrogens with one attached hydrogen (secondary N) is 2. The summed E-state index contributed by atoms with van der Waals surface area (Å²) >= 11 is 0. The Labute approximate surface area is 152 Å². The highest BCUT2D eigenvalue weighted by Gasteiger charge is 2.29. The van der Waals surface area contributed by atoms with Crippen molar-refractivity contribution < 1.29 is 19.2 Å². The molecule has 0 radical (unpaired) electrons. The Hall–Kier alpha value is -2.48. The van der Waals surface area contributed by atoms with Crippen molar-refractivity contribution in [1.82, 2.24) is 10.6 Å². The first-order valence-electron chi connectivity index (χ1n) is 8.82. The van der Waals surface area contributed by atoms with E-state index >= 15 is 0 Å². The number of carbonyl (C=O) groups is 2. The van der Waals surface area contributed by atoms with Gasteiger partial charge in [-0.3, -0.25) is 19.7 Å². The van der Waals surface area contributed by atoms with Crippen LogP contribution < -0.4 is 10.6 Å². The van der Waals surface area contributed by atoms with Crippen molar-refractivity contribution in [2.24, 2.45) is 5.92 Å². The van der Waals surface area contributed by atoms with Crippen LogP contribution in [0.3, 0.4) is 0 Å². The van der Waals surface area contributed by atoms with Gasteiger partial charge in [0.05, 0.1) is 29.1 Å². The quantitative estimate of drug-likeness (QED) is 0.436. The van der Waals surface area contributed by atoms with Crippen molar-refractivity contribution in [2.75, 3.05) is 13.1 Å². The standard InChI is InChI=1S/C18H25N3O5/c1-12(2)26-17(22)11-15(14-5-3-4-6-16(14)21(24)25)20-18(23)13-7-9-19-10-8-13/h3-6,12-13,15,19H,7-11H2,1-2H3,(H,20,23). The van der Waals surface area contributed by atoms with Crippen molar-refractivity contribution in [1.29, 1.82) is 0 Å². The summed E-state index contributed by atoms with van der Waals surface area (Å²) in [6, 6.07) is 5.34. The van der Waals surface area contributed by atoms with Crippen LogP contribution in [0.15, 0.2) is 24.3 Å². The lowest BCUT2D eigenvalue weighted by Crippen LogP contribution is -2.40. The van der Waals surface area contributed by atoms with Gasteiger partial charge in [-0.2, -0.15) is 0 Å². The minimum Gasteiger partial charge on any atom is -0.463 e. The zero-order valence-corrected chi connectivity index (χ0v) is 15.1. The molecule has 1 saturated heterocycles. The number of nitrogens with zero attached hydrogens (tertiary/aromatic N) is 1. The van der Waals surface area contributed by atoms with Gasteiger partial charge in [0.15, 0.2) is 0 Å². The number of hydrogen-bond acceptors (Lipinski definition) is 6. The lowest BCUT2D eigenvalue weighted by atomic mass is 9.95. The molecule has 1 aliphatic heterocycles. The van der Waals surface area contributed by atoms with Crippen LogP contribution in [-0.4, -0.2) is 36.0 Å². The molecule has 2 rings (SSSR count). The first-order chi connectivity index (χ1) is 12.4. The second kappa shape index (κ2) is 9.28. The molecule has 8 heteroatoms. The average Bonchev–Trinajstić information content (AvgIpc) is 2.61. The van der Waals surface area contributed by atoms with Crippen LogP contribution in [0.5, 0.6) is 0 Å². The maximum Gasteiger partial charge on any atom is 0.308 e. The van der Waals surface area contributed by atoms with Gasteiger partial charge in [-0.1, -0.05) is 18.2 Å². The molecule has 1 aromatic rings. The number of para-hydroxylation sites is 1. The molecule has 0 aromatic heterocycles. The molecule has 0 aliphatic carbocycles. The predicted molar refractivity (Wildman–Crippen MR) is 95.4 cm³/mol. The van der Waals surface area contributed by atoms with Crippen LogP contribution in [0.2, 0.25) is 0 Å². The van der Waals surface area contributed by atoms with Gasteiger partial charge < -0.3 is 15.4 Å². The van der Waals surface area contributed by atoms with Gasteiger partial charge in [-0.15, -0.1) is 0 Å². The Morgan fingerprint density at radius 2 is 1.96 bits per heavy atom. The van der Waals surface area contributed by atoms with Crippen LogP contribution in [0, 0.1) is 16.0 Å². The summed E-state index contributed by atoms with van der Waals surface area (Å²) in [5, 5.41) is 17.4. The molecular weight excluding hydrogens is 338 g/mol. The molecule has 142 valence electrons. The lowest BCUT2D eigenvalue weighted by molar-refractivity contribution is -0.385. The van der Waals surface area contributed by atoms with Gasteiger partial charge in [0, 0.05) is 12.0 Å². The summed E-state index contributed by atoms with van der Waals surface area (Å²) in [4.78, 5) is 35.6. The van der Waals surface area contributed by atoms with E-state index in [9.17, 15) is 19.7 Å². The molecular formula is C18H25N3O5. The summed E-state index contributed by atoms with van der Waals surface area (Å²) in [6.45, 7) is 4.96. The fraction of sp³-hybridized carbons (Fsp3) is 0.556. The van der Waals surface area contributed by atoms with E-state index in [1.54, 1.807) is 32.0 Å². The second-order valence-electron chi connectivity index (χ2n) is 6.64. The smallest absolute Gasteiger partial charge is 0.308 e. The molecule has 26 heavy (non-hydrogen) atoms. The van der Waals surface area contributed by atoms with Crippen molar-refractivity contribution in [3.63, 3.8) is 0 Å². The summed E-state index contributed by atoms with van der Waals surface area (Å²) in [7, 11) is 0. The Bertz CT molecular complexity index is 656. The van der Waals surface area contributed by atoms with Gasteiger partial charge in [0.1, 0.15) is 0 Å². The first kappa shape index (κ1) is 19.8. The zero-order valence-electron chi connectivity index (χ0n) is 15.1. The Kier molecular flexibility index (Phi) is 7.08. The summed E-state index contributed by atoms with van der Waals surface area (Å²) in [5.41, 5.74) is 0.181. The normalized spacial score (nSPS) is 16.1. The molecule has 2 N–H and O–H groups in total. The number of carbonyl (C=O) groups excluding carboxylic acids is 2. The van der Waals surface area contributed by atoms with E-state index in [1.165, 1.54) is 6.07 Å². The third kappa shape index (κ3) is 5.52. The van der Waals surface area contributed by atoms with Crippen LogP contribution in [0.25, 0.3) is 0 Å². The number of ether oxygens (including phenoxy) is 1. The molecule has 1 fully saturated rings. The van der Waals surface area contributed by atoms with E-state index < -0.39 is 16.9 Å². The number of piperidine rings is 1. The molecule has 1 amide bonds. The van der Waals surface area contributed by atoms with E-state index in [2.05, 4.69) is 10.6 Å². The number of esters is 1. The zero-order chi connectivity index (χ0) is 19.1. The minimum absolute atomic E-state index is 0.125. The summed E-state index contributed by atoms with van der Waals surface area (Å²) < 4.78 is 5.16. The molecule has 0 spiro atoms. The maximum absolute atomic E-state index is 12.6. The SMILES string of the molecule is CC(C)OC(=O)CC(NC(=O)C1CCNCC1)c1ccccc1[N+](=O)[O-]. The molecule has 1 aromatic carbocycles. The molecule has 0 saturated carbocycles. The fourth-order valence-electron chi connectivity index (χ4n) is 3.04. The highest BCUT2D eigenvalue weighted by molar-refractivity contribution is 5.80. The number of nitro benzene ring substituents is 1. The predicted octanol–water partition coefficient (Wildman–Crippen LogP) is 2.09. The van der Waals surface area contributed by atoms with Crippen LogP contribution in [-0.2, 0) is 14.3 Å². The molecule has 1 unspecified atom stereocenters. The molecule has 1 atom stereocenters.